The van der Waals surface area contributed by atoms with Crippen LogP contribution in [0, 0.1) is 11.3 Å². The first-order valence-corrected chi connectivity index (χ1v) is 5.64. The van der Waals surface area contributed by atoms with Gasteiger partial charge in [0.05, 0.1) is 11.6 Å². The molecule has 0 fully saturated rings. The first-order chi connectivity index (χ1) is 6.90. The molecule has 1 N–H and O–H groups in total. The van der Waals surface area contributed by atoms with E-state index in [2.05, 4.69) is 48.1 Å². The number of rotatable bonds is 2. The number of halogens is 1. The number of nitrogens with one attached hydrogen (secondary N) is 1. The summed E-state index contributed by atoms with van der Waals surface area (Å²) in [5.41, 5.74) is 1.90. The minimum Gasteiger partial charge on any atom is -0.308 e. The first-order valence-electron chi connectivity index (χ1n) is 4.85. The third kappa shape index (κ3) is 4.46. The lowest BCUT2D eigenvalue weighted by Gasteiger charge is -2.20. The lowest BCUT2D eigenvalue weighted by molar-refractivity contribution is 0.424. The summed E-state index contributed by atoms with van der Waals surface area (Å²) in [5.74, 6) is 0. The van der Waals surface area contributed by atoms with E-state index < -0.39 is 0 Å². The molecule has 1 aromatic carbocycles. The maximum Gasteiger partial charge on any atom is 0.0992 e. The van der Waals surface area contributed by atoms with Gasteiger partial charge in [0.15, 0.2) is 0 Å². The van der Waals surface area contributed by atoms with E-state index in [0.29, 0.717) is 5.56 Å². The molecule has 2 nitrogen and oxygen atoms in total. The van der Waals surface area contributed by atoms with Crippen molar-refractivity contribution in [2.75, 3.05) is 0 Å². The molecule has 0 spiro atoms. The predicted octanol–water partition coefficient (Wildman–Crippen LogP) is 3.21. The van der Waals surface area contributed by atoms with Gasteiger partial charge in [-0.2, -0.15) is 5.26 Å². The molecular formula is C12H15BrN2. The summed E-state index contributed by atoms with van der Waals surface area (Å²) in [6, 6.07) is 7.90. The molecule has 0 saturated carbocycles. The molecular weight excluding hydrogens is 252 g/mol. The second-order valence-corrected chi connectivity index (χ2v) is 5.48. The molecule has 3 heteroatoms. The van der Waals surface area contributed by atoms with Gasteiger partial charge in [-0.1, -0.05) is 15.9 Å². The van der Waals surface area contributed by atoms with Crippen molar-refractivity contribution in [3.63, 3.8) is 0 Å². The maximum atomic E-state index is 8.82. The summed E-state index contributed by atoms with van der Waals surface area (Å²) < 4.78 is 0.951. The Morgan fingerprint density at radius 1 is 1.33 bits per heavy atom. The fraction of sp³-hybridized carbons (Fsp3) is 0.417. The van der Waals surface area contributed by atoms with Crippen molar-refractivity contribution in [3.8, 4) is 6.07 Å². The van der Waals surface area contributed by atoms with Crippen LogP contribution < -0.4 is 5.32 Å². The van der Waals surface area contributed by atoms with Crippen molar-refractivity contribution in [1.82, 2.24) is 5.32 Å². The van der Waals surface area contributed by atoms with Crippen LogP contribution in [-0.2, 0) is 6.54 Å². The average molecular weight is 267 g/mol. The van der Waals surface area contributed by atoms with E-state index in [1.165, 1.54) is 0 Å². The summed E-state index contributed by atoms with van der Waals surface area (Å²) >= 11 is 3.40. The van der Waals surface area contributed by atoms with E-state index in [1.807, 2.05) is 18.2 Å². The van der Waals surface area contributed by atoms with Gasteiger partial charge in [0.1, 0.15) is 0 Å². The summed E-state index contributed by atoms with van der Waals surface area (Å²) in [5, 5.41) is 12.2. The molecule has 80 valence electrons. The first kappa shape index (κ1) is 12.2. The average Bonchev–Trinajstić information content (AvgIpc) is 2.13. The summed E-state index contributed by atoms with van der Waals surface area (Å²) in [6.07, 6.45) is 0. The molecule has 0 bridgehead atoms. The zero-order valence-electron chi connectivity index (χ0n) is 9.26. The van der Waals surface area contributed by atoms with Crippen molar-refractivity contribution in [3.05, 3.63) is 33.8 Å². The SMILES string of the molecule is CC(C)(C)NCc1cc(Br)cc(C#N)c1. The molecule has 0 aromatic heterocycles. The lowest BCUT2D eigenvalue weighted by atomic mass is 10.1. The van der Waals surface area contributed by atoms with Crippen LogP contribution in [0.4, 0.5) is 0 Å². The van der Waals surface area contributed by atoms with Gasteiger partial charge in [-0.05, 0) is 44.5 Å². The zero-order chi connectivity index (χ0) is 11.5. The van der Waals surface area contributed by atoms with Crippen molar-refractivity contribution >= 4 is 15.9 Å². The van der Waals surface area contributed by atoms with Crippen LogP contribution in [0.5, 0.6) is 0 Å². The fourth-order valence-electron chi connectivity index (χ4n) is 1.18. The summed E-state index contributed by atoms with van der Waals surface area (Å²) in [7, 11) is 0. The van der Waals surface area contributed by atoms with Crippen molar-refractivity contribution in [1.29, 1.82) is 5.26 Å². The van der Waals surface area contributed by atoms with Gasteiger partial charge in [0.2, 0.25) is 0 Å². The van der Waals surface area contributed by atoms with Gasteiger partial charge in [-0.3, -0.25) is 0 Å². The highest BCUT2D eigenvalue weighted by molar-refractivity contribution is 9.10. The molecule has 0 atom stereocenters. The van der Waals surface area contributed by atoms with Gasteiger partial charge in [0.25, 0.3) is 0 Å². The Kier molecular flexibility index (Phi) is 3.90. The van der Waals surface area contributed by atoms with Crippen LogP contribution in [0.25, 0.3) is 0 Å². The minimum atomic E-state index is 0.0924. The van der Waals surface area contributed by atoms with E-state index in [0.717, 1.165) is 16.6 Å². The Labute approximate surface area is 99.4 Å². The van der Waals surface area contributed by atoms with Crippen LogP contribution in [0.15, 0.2) is 22.7 Å². The van der Waals surface area contributed by atoms with Gasteiger partial charge in [-0.15, -0.1) is 0 Å². The van der Waals surface area contributed by atoms with Crippen molar-refractivity contribution in [2.45, 2.75) is 32.9 Å². The quantitative estimate of drug-likeness (QED) is 0.893. The molecule has 0 amide bonds. The number of nitrogens with zero attached hydrogens (tertiary/aromatic N) is 1. The molecule has 0 aliphatic carbocycles. The minimum absolute atomic E-state index is 0.0924. The molecule has 1 rings (SSSR count). The Hall–Kier alpha value is -0.850. The smallest absolute Gasteiger partial charge is 0.0992 e. The Balaban J connectivity index is 2.78. The van der Waals surface area contributed by atoms with Crippen LogP contribution in [0.3, 0.4) is 0 Å². The number of hydrogen-bond donors (Lipinski definition) is 1. The van der Waals surface area contributed by atoms with Crippen LogP contribution in [-0.4, -0.2) is 5.54 Å². The Bertz CT molecular complexity index is 386. The van der Waals surface area contributed by atoms with E-state index >= 15 is 0 Å². The van der Waals surface area contributed by atoms with E-state index in [-0.39, 0.29) is 5.54 Å². The Morgan fingerprint density at radius 2 is 2.00 bits per heavy atom. The standard InChI is InChI=1S/C12H15BrN2/c1-12(2,3)15-8-10-4-9(7-14)5-11(13)6-10/h4-6,15H,8H2,1-3H3. The molecule has 15 heavy (non-hydrogen) atoms. The highest BCUT2D eigenvalue weighted by atomic mass is 79.9. The molecule has 0 aliphatic heterocycles. The molecule has 0 unspecified atom stereocenters. The summed E-state index contributed by atoms with van der Waals surface area (Å²) in [6.45, 7) is 7.14. The number of benzene rings is 1. The predicted molar refractivity (Wildman–Crippen MR) is 65.4 cm³/mol. The molecule has 0 saturated heterocycles. The van der Waals surface area contributed by atoms with Crippen LogP contribution in [0.2, 0.25) is 0 Å². The van der Waals surface area contributed by atoms with Gasteiger partial charge in [-0.25, -0.2) is 0 Å². The van der Waals surface area contributed by atoms with Crippen LogP contribution in [0.1, 0.15) is 31.9 Å². The fourth-order valence-corrected chi connectivity index (χ4v) is 1.72. The normalized spacial score (nSPS) is 11.1. The van der Waals surface area contributed by atoms with Crippen molar-refractivity contribution < 1.29 is 0 Å². The third-order valence-electron chi connectivity index (χ3n) is 1.91. The monoisotopic (exact) mass is 266 g/mol. The van der Waals surface area contributed by atoms with Crippen LogP contribution >= 0.6 is 15.9 Å². The second-order valence-electron chi connectivity index (χ2n) is 4.56. The molecule has 0 radical (unpaired) electrons. The second kappa shape index (κ2) is 4.78. The van der Waals surface area contributed by atoms with Crippen molar-refractivity contribution in [2.24, 2.45) is 0 Å². The Morgan fingerprint density at radius 3 is 2.53 bits per heavy atom. The van der Waals surface area contributed by atoms with E-state index in [4.69, 9.17) is 5.26 Å². The summed E-state index contributed by atoms with van der Waals surface area (Å²) in [4.78, 5) is 0. The van der Waals surface area contributed by atoms with Gasteiger partial charge in [0, 0.05) is 16.6 Å². The number of nitriles is 1. The zero-order valence-corrected chi connectivity index (χ0v) is 10.9. The van der Waals surface area contributed by atoms with E-state index in [9.17, 15) is 0 Å². The molecule has 1 aromatic rings. The maximum absolute atomic E-state index is 8.82. The van der Waals surface area contributed by atoms with Gasteiger partial charge < -0.3 is 5.32 Å². The number of hydrogen-bond acceptors (Lipinski definition) is 2. The highest BCUT2D eigenvalue weighted by Crippen LogP contribution is 2.16. The third-order valence-corrected chi connectivity index (χ3v) is 2.37. The lowest BCUT2D eigenvalue weighted by Crippen LogP contribution is -2.35. The topological polar surface area (TPSA) is 35.8 Å². The van der Waals surface area contributed by atoms with Gasteiger partial charge >= 0.3 is 0 Å². The highest BCUT2D eigenvalue weighted by Gasteiger charge is 2.08. The largest absolute Gasteiger partial charge is 0.308 e. The van der Waals surface area contributed by atoms with E-state index in [1.54, 1.807) is 0 Å². The molecule has 0 aliphatic rings. The molecule has 0 heterocycles.